The fourth-order valence-electron chi connectivity index (χ4n) is 4.36. The van der Waals surface area contributed by atoms with Crippen molar-refractivity contribution in [1.29, 1.82) is 0 Å². The molecule has 188 valence electrons. The molecule has 0 N–H and O–H groups in total. The smallest absolute Gasteiger partial charge is 0.344 e. The number of hydrogen-bond donors (Lipinski definition) is 0. The monoisotopic (exact) mass is 501 g/mol. The maximum absolute atomic E-state index is 15.0. The second-order valence-electron chi connectivity index (χ2n) is 10.5. The Morgan fingerprint density at radius 2 is 1.94 bits per heavy atom. The molecule has 4 rings (SSSR count). The molecule has 0 aliphatic carbocycles. The van der Waals surface area contributed by atoms with Gasteiger partial charge in [0.2, 0.25) is 0 Å². The zero-order chi connectivity index (χ0) is 25.5. The molecule has 0 saturated carbocycles. The average molecular weight is 502 g/mol. The zero-order valence-electron chi connectivity index (χ0n) is 21.1. The van der Waals surface area contributed by atoms with Gasteiger partial charge in [0, 0.05) is 18.3 Å². The van der Waals surface area contributed by atoms with Gasteiger partial charge in [0.1, 0.15) is 17.2 Å². The molecule has 35 heavy (non-hydrogen) atoms. The van der Waals surface area contributed by atoms with E-state index in [4.69, 9.17) is 9.16 Å². The molecule has 2 aromatic heterocycles. The predicted molar refractivity (Wildman–Crippen MR) is 134 cm³/mol. The van der Waals surface area contributed by atoms with E-state index in [9.17, 15) is 9.18 Å². The Hall–Kier alpha value is -2.78. The van der Waals surface area contributed by atoms with Gasteiger partial charge >= 0.3 is 5.97 Å². The number of aromatic nitrogens is 2. The first-order chi connectivity index (χ1) is 16.4. The minimum absolute atomic E-state index is 0.0147. The summed E-state index contributed by atoms with van der Waals surface area (Å²) < 4.78 is 42.9. The maximum Gasteiger partial charge on any atom is 0.344 e. The lowest BCUT2D eigenvalue weighted by molar-refractivity contribution is 0.0529. The van der Waals surface area contributed by atoms with E-state index in [1.165, 1.54) is 6.07 Å². The van der Waals surface area contributed by atoms with E-state index in [2.05, 4.69) is 39.0 Å². The summed E-state index contributed by atoms with van der Waals surface area (Å²) in [6, 6.07) is 8.34. The van der Waals surface area contributed by atoms with Crippen molar-refractivity contribution in [1.82, 2.24) is 9.61 Å². The van der Waals surface area contributed by atoms with E-state index in [1.54, 1.807) is 23.7 Å². The van der Waals surface area contributed by atoms with Crippen LogP contribution in [-0.4, -0.2) is 43.2 Å². The summed E-state index contributed by atoms with van der Waals surface area (Å²) in [6.07, 6.45) is 1.96. The second-order valence-corrected chi connectivity index (χ2v) is 15.3. The topological polar surface area (TPSA) is 56.1 Å². The van der Waals surface area contributed by atoms with Gasteiger partial charge in [0.15, 0.2) is 14.1 Å². The Morgan fingerprint density at radius 3 is 2.63 bits per heavy atom. The number of ether oxygens (including phenoxy) is 1. The Morgan fingerprint density at radius 1 is 1.20 bits per heavy atom. The molecule has 0 bridgehead atoms. The summed E-state index contributed by atoms with van der Waals surface area (Å²) >= 11 is 0. The number of esters is 1. The van der Waals surface area contributed by atoms with Crippen LogP contribution < -0.4 is 4.90 Å². The molecule has 9 heteroatoms. The van der Waals surface area contributed by atoms with Gasteiger partial charge < -0.3 is 14.1 Å². The van der Waals surface area contributed by atoms with Crippen LogP contribution in [0, 0.1) is 11.6 Å². The quantitative estimate of drug-likeness (QED) is 0.300. The van der Waals surface area contributed by atoms with Gasteiger partial charge in [-0.3, -0.25) is 0 Å². The fraction of sp³-hybridized carbons (Fsp3) is 0.462. The number of nitrogens with zero attached hydrogens (tertiary/aromatic N) is 3. The van der Waals surface area contributed by atoms with E-state index < -0.39 is 32.0 Å². The van der Waals surface area contributed by atoms with Gasteiger partial charge in [-0.15, -0.1) is 5.10 Å². The van der Waals surface area contributed by atoms with Crippen molar-refractivity contribution in [3.63, 3.8) is 0 Å². The van der Waals surface area contributed by atoms with Crippen molar-refractivity contribution in [2.24, 2.45) is 0 Å². The van der Waals surface area contributed by atoms with E-state index >= 15 is 4.39 Å². The van der Waals surface area contributed by atoms with Gasteiger partial charge in [0.05, 0.1) is 24.3 Å². The second kappa shape index (κ2) is 9.35. The highest BCUT2D eigenvalue weighted by atomic mass is 28.4. The van der Waals surface area contributed by atoms with E-state index in [-0.39, 0.29) is 23.3 Å². The van der Waals surface area contributed by atoms with E-state index in [1.807, 2.05) is 17.0 Å². The number of carbonyl (C=O) groups is 1. The summed E-state index contributed by atoms with van der Waals surface area (Å²) in [5.74, 6) is -1.15. The van der Waals surface area contributed by atoms with Gasteiger partial charge in [0.25, 0.3) is 0 Å². The van der Waals surface area contributed by atoms with Crippen LogP contribution in [0.4, 0.5) is 14.6 Å². The molecular formula is C26H33F2N3O3Si. The standard InChI is InChI=1S/C26H33F2N3O3Si/c1-7-33-25(32)23-21-10-8-9-13-31(21)29-24(23)30-16-18(34-35(5,6)26(2,3)4)15-22(30)19-14-17(27)11-12-20(19)28/h8-14,18,22H,7,15-16H2,1-6H3/t18-,22-/m1/s1. The highest BCUT2D eigenvalue weighted by molar-refractivity contribution is 6.74. The molecule has 0 radical (unpaired) electrons. The number of carbonyl (C=O) groups excluding carboxylic acids is 1. The van der Waals surface area contributed by atoms with Crippen molar-refractivity contribution >= 4 is 25.6 Å². The molecule has 0 spiro atoms. The van der Waals surface area contributed by atoms with Crippen LogP contribution in [0.15, 0.2) is 42.6 Å². The van der Waals surface area contributed by atoms with E-state index in [0.29, 0.717) is 29.9 Å². The third-order valence-electron chi connectivity index (χ3n) is 7.12. The zero-order valence-corrected chi connectivity index (χ0v) is 22.1. The number of pyridine rings is 1. The van der Waals surface area contributed by atoms with Crippen molar-refractivity contribution in [3.8, 4) is 0 Å². The highest BCUT2D eigenvalue weighted by Gasteiger charge is 2.45. The van der Waals surface area contributed by atoms with Gasteiger partial charge in [-0.25, -0.2) is 18.1 Å². The third kappa shape index (κ3) is 4.84. The lowest BCUT2D eigenvalue weighted by Gasteiger charge is -2.38. The number of hydrogen-bond acceptors (Lipinski definition) is 5. The highest BCUT2D eigenvalue weighted by Crippen LogP contribution is 2.44. The van der Waals surface area contributed by atoms with Crippen molar-refractivity contribution in [2.45, 2.75) is 64.4 Å². The summed E-state index contributed by atoms with van der Waals surface area (Å²) in [5, 5.41) is 4.67. The molecule has 3 heterocycles. The Kier molecular flexibility index (Phi) is 6.76. The van der Waals surface area contributed by atoms with E-state index in [0.717, 1.165) is 12.1 Å². The molecule has 1 aromatic carbocycles. The van der Waals surface area contributed by atoms with Crippen LogP contribution >= 0.6 is 0 Å². The van der Waals surface area contributed by atoms with Gasteiger partial charge in [-0.05, 0) is 61.8 Å². The van der Waals surface area contributed by atoms with Crippen molar-refractivity contribution in [2.75, 3.05) is 18.1 Å². The lowest BCUT2D eigenvalue weighted by Crippen LogP contribution is -2.44. The number of halogens is 2. The number of benzene rings is 1. The molecule has 0 unspecified atom stereocenters. The lowest BCUT2D eigenvalue weighted by atomic mass is 10.0. The molecule has 6 nitrogen and oxygen atoms in total. The molecule has 1 aliphatic rings. The van der Waals surface area contributed by atoms with Crippen molar-refractivity contribution in [3.05, 3.63) is 65.4 Å². The normalized spacial score (nSPS) is 18.9. The SMILES string of the molecule is CCOC(=O)c1c(N2C[C@H](O[Si](C)(C)C(C)(C)C)C[C@@H]2c2cc(F)ccc2F)nn2ccccc12. The first-order valence-electron chi connectivity index (χ1n) is 12.0. The predicted octanol–water partition coefficient (Wildman–Crippen LogP) is 6.13. The first kappa shape index (κ1) is 25.3. The minimum Gasteiger partial charge on any atom is -0.462 e. The molecule has 1 aliphatic heterocycles. The molecule has 1 saturated heterocycles. The maximum atomic E-state index is 15.0. The number of anilines is 1. The molecule has 2 atom stereocenters. The van der Waals surface area contributed by atoms with Gasteiger partial charge in [-0.1, -0.05) is 26.8 Å². The summed E-state index contributed by atoms with van der Waals surface area (Å²) in [5.41, 5.74) is 1.12. The van der Waals surface area contributed by atoms with Crippen LogP contribution in [-0.2, 0) is 9.16 Å². The third-order valence-corrected chi connectivity index (χ3v) is 11.7. The summed E-state index contributed by atoms with van der Waals surface area (Å²) in [6.45, 7) is 13.2. The molecule has 1 fully saturated rings. The fourth-order valence-corrected chi connectivity index (χ4v) is 5.72. The number of fused-ring (bicyclic) bond motifs is 1. The van der Waals surface area contributed by atoms with Crippen LogP contribution in [0.3, 0.4) is 0 Å². The van der Waals surface area contributed by atoms with Crippen LogP contribution in [0.25, 0.3) is 5.52 Å². The van der Waals surface area contributed by atoms with Crippen molar-refractivity contribution < 1.29 is 22.7 Å². The van der Waals surface area contributed by atoms with Crippen LogP contribution in [0.5, 0.6) is 0 Å². The van der Waals surface area contributed by atoms with Gasteiger partial charge in [-0.2, -0.15) is 0 Å². The number of rotatable bonds is 6. The van der Waals surface area contributed by atoms with Crippen LogP contribution in [0.1, 0.15) is 56.1 Å². The molecule has 0 amide bonds. The average Bonchev–Trinajstić information content (AvgIpc) is 3.35. The molecule has 3 aromatic rings. The van der Waals surface area contributed by atoms with Crippen LogP contribution in [0.2, 0.25) is 18.1 Å². The Labute approximate surface area is 206 Å². The Bertz CT molecular complexity index is 1240. The first-order valence-corrected chi connectivity index (χ1v) is 14.9. The molecular weight excluding hydrogens is 468 g/mol. The largest absolute Gasteiger partial charge is 0.462 e. The summed E-state index contributed by atoms with van der Waals surface area (Å²) in [4.78, 5) is 14.9. The minimum atomic E-state index is -2.15. The Balaban J connectivity index is 1.83. The summed E-state index contributed by atoms with van der Waals surface area (Å²) in [7, 11) is -2.15.